The van der Waals surface area contributed by atoms with Gasteiger partial charge in [-0.15, -0.1) is 0 Å². The zero-order valence-electron chi connectivity index (χ0n) is 8.83. The molecular formula is C12H15N3. The lowest BCUT2D eigenvalue weighted by atomic mass is 10.1. The van der Waals surface area contributed by atoms with E-state index in [-0.39, 0.29) is 0 Å². The Bertz CT molecular complexity index is 465. The minimum absolute atomic E-state index is 0.603. The van der Waals surface area contributed by atoms with Crippen molar-refractivity contribution >= 4 is 16.6 Å². The van der Waals surface area contributed by atoms with E-state index >= 15 is 0 Å². The fourth-order valence-corrected chi connectivity index (χ4v) is 1.67. The molecule has 0 atom stereocenters. The molecule has 0 radical (unpaired) electrons. The number of nitrogens with two attached hydrogens (primary N) is 1. The second-order valence-corrected chi connectivity index (χ2v) is 3.49. The molecule has 0 spiro atoms. The van der Waals surface area contributed by atoms with E-state index in [1.165, 1.54) is 10.9 Å². The van der Waals surface area contributed by atoms with Crippen LogP contribution in [0.1, 0.15) is 12.5 Å². The molecule has 0 aliphatic rings. The number of nitrogen functional groups attached to an aromatic ring is 1. The number of nitrogens with one attached hydrogen (secondary N) is 1. The van der Waals surface area contributed by atoms with E-state index in [9.17, 15) is 0 Å². The molecule has 15 heavy (non-hydrogen) atoms. The molecule has 0 fully saturated rings. The number of nitrogens with zero attached hydrogens (tertiary/aromatic N) is 1. The summed E-state index contributed by atoms with van der Waals surface area (Å²) < 4.78 is 0. The first kappa shape index (κ1) is 9.93. The van der Waals surface area contributed by atoms with Gasteiger partial charge in [-0.05, 0) is 17.5 Å². The predicted molar refractivity (Wildman–Crippen MR) is 63.5 cm³/mol. The minimum Gasteiger partial charge on any atom is -0.383 e. The van der Waals surface area contributed by atoms with Crippen LogP contribution in [0.4, 0.5) is 5.82 Å². The number of rotatable bonds is 3. The van der Waals surface area contributed by atoms with Gasteiger partial charge in [-0.3, -0.25) is 0 Å². The van der Waals surface area contributed by atoms with Gasteiger partial charge in [0.25, 0.3) is 0 Å². The van der Waals surface area contributed by atoms with Crippen LogP contribution in [0.2, 0.25) is 0 Å². The van der Waals surface area contributed by atoms with Crippen LogP contribution in [-0.4, -0.2) is 11.5 Å². The zero-order chi connectivity index (χ0) is 10.7. The van der Waals surface area contributed by atoms with Gasteiger partial charge in [0.05, 0.1) is 0 Å². The number of benzene rings is 1. The highest BCUT2D eigenvalue weighted by Gasteiger charge is 2.03. The summed E-state index contributed by atoms with van der Waals surface area (Å²) >= 11 is 0. The molecule has 3 heteroatoms. The van der Waals surface area contributed by atoms with Crippen molar-refractivity contribution in [2.24, 2.45) is 0 Å². The van der Waals surface area contributed by atoms with Gasteiger partial charge in [0, 0.05) is 18.1 Å². The highest BCUT2D eigenvalue weighted by atomic mass is 14.9. The van der Waals surface area contributed by atoms with E-state index in [1.807, 2.05) is 24.4 Å². The van der Waals surface area contributed by atoms with Crippen molar-refractivity contribution in [3.05, 3.63) is 36.0 Å². The molecule has 0 saturated carbocycles. The van der Waals surface area contributed by atoms with Crippen LogP contribution in [-0.2, 0) is 6.54 Å². The van der Waals surface area contributed by atoms with Crippen molar-refractivity contribution < 1.29 is 0 Å². The first-order valence-electron chi connectivity index (χ1n) is 5.15. The van der Waals surface area contributed by atoms with Gasteiger partial charge >= 0.3 is 0 Å². The Hall–Kier alpha value is -1.61. The van der Waals surface area contributed by atoms with Crippen molar-refractivity contribution in [1.29, 1.82) is 0 Å². The Balaban J connectivity index is 2.51. The highest BCUT2D eigenvalue weighted by Crippen LogP contribution is 2.21. The summed E-state index contributed by atoms with van der Waals surface area (Å²) in [6.07, 6.45) is 1.85. The second-order valence-electron chi connectivity index (χ2n) is 3.49. The topological polar surface area (TPSA) is 50.9 Å². The lowest BCUT2D eigenvalue weighted by molar-refractivity contribution is 0.728. The lowest BCUT2D eigenvalue weighted by Gasteiger charge is -2.07. The van der Waals surface area contributed by atoms with Crippen LogP contribution in [0, 0.1) is 0 Å². The molecule has 3 N–H and O–H groups in total. The number of hydrogen-bond donors (Lipinski definition) is 2. The lowest BCUT2D eigenvalue weighted by Crippen LogP contribution is -2.12. The number of aromatic nitrogens is 1. The molecule has 1 heterocycles. The van der Waals surface area contributed by atoms with Crippen molar-refractivity contribution in [1.82, 2.24) is 10.3 Å². The largest absolute Gasteiger partial charge is 0.383 e. The average molecular weight is 201 g/mol. The number of anilines is 1. The molecule has 0 unspecified atom stereocenters. The maximum atomic E-state index is 5.82. The van der Waals surface area contributed by atoms with Gasteiger partial charge < -0.3 is 11.1 Å². The summed E-state index contributed by atoms with van der Waals surface area (Å²) in [6, 6.07) is 8.10. The first-order valence-corrected chi connectivity index (χ1v) is 5.15. The summed E-state index contributed by atoms with van der Waals surface area (Å²) in [6.45, 7) is 3.88. The van der Waals surface area contributed by atoms with Gasteiger partial charge in [0.1, 0.15) is 5.82 Å². The fourth-order valence-electron chi connectivity index (χ4n) is 1.67. The molecule has 0 aliphatic carbocycles. The maximum Gasteiger partial charge on any atom is 0.131 e. The molecule has 0 bridgehead atoms. The maximum absolute atomic E-state index is 5.82. The average Bonchev–Trinajstić information content (AvgIpc) is 2.29. The second kappa shape index (κ2) is 4.28. The molecule has 1 aromatic heterocycles. The Morgan fingerprint density at radius 3 is 2.73 bits per heavy atom. The smallest absolute Gasteiger partial charge is 0.131 e. The van der Waals surface area contributed by atoms with Gasteiger partial charge in [-0.25, -0.2) is 4.98 Å². The monoisotopic (exact) mass is 201 g/mol. The molecule has 0 amide bonds. The zero-order valence-corrected chi connectivity index (χ0v) is 8.83. The van der Waals surface area contributed by atoms with Crippen LogP contribution in [0.3, 0.4) is 0 Å². The van der Waals surface area contributed by atoms with Gasteiger partial charge in [-0.1, -0.05) is 31.2 Å². The van der Waals surface area contributed by atoms with E-state index in [0.29, 0.717) is 5.82 Å². The first-order chi connectivity index (χ1) is 7.33. The third kappa shape index (κ3) is 1.92. The van der Waals surface area contributed by atoms with Crippen LogP contribution in [0.15, 0.2) is 30.5 Å². The molecular weight excluding hydrogens is 186 g/mol. The van der Waals surface area contributed by atoms with Crippen LogP contribution in [0.25, 0.3) is 10.8 Å². The highest BCUT2D eigenvalue weighted by molar-refractivity contribution is 5.92. The molecule has 2 aromatic rings. The Morgan fingerprint density at radius 2 is 2.00 bits per heavy atom. The molecule has 2 rings (SSSR count). The SMILES string of the molecule is CCNCc1cnc(N)c2ccccc12. The van der Waals surface area contributed by atoms with Crippen LogP contribution >= 0.6 is 0 Å². The van der Waals surface area contributed by atoms with E-state index < -0.39 is 0 Å². The Kier molecular flexibility index (Phi) is 2.83. The number of hydrogen-bond acceptors (Lipinski definition) is 3. The van der Waals surface area contributed by atoms with Crippen LogP contribution in [0.5, 0.6) is 0 Å². The number of fused-ring (bicyclic) bond motifs is 1. The van der Waals surface area contributed by atoms with Crippen molar-refractivity contribution in [3.63, 3.8) is 0 Å². The fraction of sp³-hybridized carbons (Fsp3) is 0.250. The molecule has 1 aromatic carbocycles. The van der Waals surface area contributed by atoms with Crippen molar-refractivity contribution in [3.8, 4) is 0 Å². The van der Waals surface area contributed by atoms with Crippen LogP contribution < -0.4 is 11.1 Å². The van der Waals surface area contributed by atoms with Gasteiger partial charge in [-0.2, -0.15) is 0 Å². The van der Waals surface area contributed by atoms with E-state index in [4.69, 9.17) is 5.73 Å². The summed E-state index contributed by atoms with van der Waals surface area (Å²) in [4.78, 5) is 4.20. The van der Waals surface area contributed by atoms with Crippen molar-refractivity contribution in [2.45, 2.75) is 13.5 Å². The quantitative estimate of drug-likeness (QED) is 0.797. The molecule has 0 saturated heterocycles. The number of pyridine rings is 1. The van der Waals surface area contributed by atoms with Crippen molar-refractivity contribution in [2.75, 3.05) is 12.3 Å². The third-order valence-corrected chi connectivity index (χ3v) is 2.47. The predicted octanol–water partition coefficient (Wildman–Crippen LogP) is 1.93. The normalized spacial score (nSPS) is 10.7. The third-order valence-electron chi connectivity index (χ3n) is 2.47. The molecule has 0 aliphatic heterocycles. The van der Waals surface area contributed by atoms with E-state index in [0.717, 1.165) is 18.5 Å². The minimum atomic E-state index is 0.603. The summed E-state index contributed by atoms with van der Waals surface area (Å²) in [5.74, 6) is 0.603. The molecule has 78 valence electrons. The molecule has 3 nitrogen and oxygen atoms in total. The van der Waals surface area contributed by atoms with E-state index in [2.05, 4.69) is 23.3 Å². The Morgan fingerprint density at radius 1 is 1.27 bits per heavy atom. The Labute approximate surface area is 89.3 Å². The van der Waals surface area contributed by atoms with Gasteiger partial charge in [0.2, 0.25) is 0 Å². The summed E-state index contributed by atoms with van der Waals surface area (Å²) in [5, 5.41) is 5.52. The summed E-state index contributed by atoms with van der Waals surface area (Å²) in [7, 11) is 0. The van der Waals surface area contributed by atoms with Gasteiger partial charge in [0.15, 0.2) is 0 Å². The summed E-state index contributed by atoms with van der Waals surface area (Å²) in [5.41, 5.74) is 7.02. The standard InChI is InChI=1S/C12H15N3/c1-2-14-7-9-8-15-12(13)11-6-4-3-5-10(9)11/h3-6,8,14H,2,7H2,1H3,(H2,13,15). The van der Waals surface area contributed by atoms with E-state index in [1.54, 1.807) is 0 Å².